The first-order valence-corrected chi connectivity index (χ1v) is 10.2. The average Bonchev–Trinajstić information content (AvgIpc) is 3.15. The molecule has 3 aromatic rings. The maximum absolute atomic E-state index is 4.50. The molecule has 0 amide bonds. The van der Waals surface area contributed by atoms with Gasteiger partial charge in [0.15, 0.2) is 0 Å². The van der Waals surface area contributed by atoms with Gasteiger partial charge in [-0.3, -0.25) is 4.90 Å². The van der Waals surface area contributed by atoms with Gasteiger partial charge in [-0.05, 0) is 36.6 Å². The lowest BCUT2D eigenvalue weighted by molar-refractivity contribution is 0.175. The van der Waals surface area contributed by atoms with Gasteiger partial charge in [0, 0.05) is 44.6 Å². The molecule has 136 valence electrons. The minimum Gasteiger partial charge on any atom is -0.338 e. The van der Waals surface area contributed by atoms with Gasteiger partial charge in [0.05, 0.1) is 15.7 Å². The first kappa shape index (κ1) is 17.4. The summed E-state index contributed by atoms with van der Waals surface area (Å²) in [4.78, 5) is 18.4. The van der Waals surface area contributed by atoms with Gasteiger partial charge in [0.25, 0.3) is 0 Å². The van der Waals surface area contributed by atoms with Crippen molar-refractivity contribution >= 4 is 27.5 Å². The third kappa shape index (κ3) is 3.57. The standard InChI is InChI=1S/C20H25N5S/c1-3-4-18(16-5-6-19-17(11-16)23-14-26-19)24-7-9-25(10-8-24)20-21-12-15(2)13-22-20/h5-6,11-14,18H,3-4,7-10H2,1-2H3. The molecule has 2 aromatic heterocycles. The maximum Gasteiger partial charge on any atom is 0.225 e. The van der Waals surface area contributed by atoms with E-state index >= 15 is 0 Å². The van der Waals surface area contributed by atoms with Crippen LogP contribution in [0.2, 0.25) is 0 Å². The van der Waals surface area contributed by atoms with Crippen LogP contribution in [-0.4, -0.2) is 46.0 Å². The van der Waals surface area contributed by atoms with E-state index in [4.69, 9.17) is 0 Å². The van der Waals surface area contributed by atoms with Gasteiger partial charge in [0.2, 0.25) is 5.95 Å². The largest absolute Gasteiger partial charge is 0.338 e. The number of nitrogens with zero attached hydrogens (tertiary/aromatic N) is 5. The van der Waals surface area contributed by atoms with E-state index in [0.29, 0.717) is 6.04 Å². The normalized spacial score (nSPS) is 16.9. The van der Waals surface area contributed by atoms with Crippen LogP contribution >= 0.6 is 11.3 Å². The molecule has 5 nitrogen and oxygen atoms in total. The predicted molar refractivity (Wildman–Crippen MR) is 108 cm³/mol. The summed E-state index contributed by atoms with van der Waals surface area (Å²) in [6, 6.07) is 7.26. The zero-order valence-corrected chi connectivity index (χ0v) is 16.2. The molecule has 1 aliphatic heterocycles. The van der Waals surface area contributed by atoms with Crippen LogP contribution in [0.4, 0.5) is 5.95 Å². The van der Waals surface area contributed by atoms with Crippen molar-refractivity contribution < 1.29 is 0 Å². The molecule has 0 saturated carbocycles. The Balaban J connectivity index is 1.48. The van der Waals surface area contributed by atoms with Gasteiger partial charge in [-0.2, -0.15) is 0 Å². The zero-order valence-electron chi connectivity index (χ0n) is 15.4. The Morgan fingerprint density at radius 2 is 1.85 bits per heavy atom. The highest BCUT2D eigenvalue weighted by atomic mass is 32.1. The van der Waals surface area contributed by atoms with Crippen LogP contribution in [0.15, 0.2) is 36.1 Å². The summed E-state index contributed by atoms with van der Waals surface area (Å²) in [7, 11) is 0. The molecule has 3 heterocycles. The number of benzene rings is 1. The van der Waals surface area contributed by atoms with E-state index in [0.717, 1.165) is 43.2 Å². The summed E-state index contributed by atoms with van der Waals surface area (Å²) >= 11 is 1.71. The lowest BCUT2D eigenvalue weighted by Gasteiger charge is -2.39. The molecule has 1 saturated heterocycles. The molecular weight excluding hydrogens is 342 g/mol. The van der Waals surface area contributed by atoms with Crippen LogP contribution in [0.1, 0.15) is 36.9 Å². The van der Waals surface area contributed by atoms with Crippen LogP contribution in [0, 0.1) is 6.92 Å². The summed E-state index contributed by atoms with van der Waals surface area (Å²) in [5.41, 5.74) is 5.56. The Kier molecular flexibility index (Phi) is 5.13. The van der Waals surface area contributed by atoms with Gasteiger partial charge < -0.3 is 4.90 Å². The molecule has 26 heavy (non-hydrogen) atoms. The second kappa shape index (κ2) is 7.68. The second-order valence-electron chi connectivity index (χ2n) is 6.97. The van der Waals surface area contributed by atoms with E-state index in [1.165, 1.54) is 23.1 Å². The summed E-state index contributed by atoms with van der Waals surface area (Å²) in [6.45, 7) is 8.32. The summed E-state index contributed by atoms with van der Waals surface area (Å²) in [6.07, 6.45) is 6.16. The SMILES string of the molecule is CCCC(c1ccc2scnc2c1)N1CCN(c2ncc(C)cn2)CC1. The Bertz CT molecular complexity index is 852. The van der Waals surface area contributed by atoms with E-state index in [1.54, 1.807) is 11.3 Å². The fourth-order valence-electron chi connectivity index (χ4n) is 3.70. The molecule has 1 aromatic carbocycles. The van der Waals surface area contributed by atoms with Crippen LogP contribution < -0.4 is 4.90 Å². The van der Waals surface area contributed by atoms with Crippen molar-refractivity contribution in [1.82, 2.24) is 19.9 Å². The van der Waals surface area contributed by atoms with E-state index in [9.17, 15) is 0 Å². The summed E-state index contributed by atoms with van der Waals surface area (Å²) < 4.78 is 1.27. The molecule has 0 radical (unpaired) electrons. The van der Waals surface area contributed by atoms with Gasteiger partial charge in [-0.15, -0.1) is 11.3 Å². The molecule has 1 atom stereocenters. The first-order valence-electron chi connectivity index (χ1n) is 9.35. The third-order valence-electron chi connectivity index (χ3n) is 5.11. The van der Waals surface area contributed by atoms with Crippen molar-refractivity contribution in [3.05, 3.63) is 47.2 Å². The van der Waals surface area contributed by atoms with Crippen LogP contribution in [0.3, 0.4) is 0 Å². The number of fused-ring (bicyclic) bond motifs is 1. The maximum atomic E-state index is 4.50. The number of hydrogen-bond donors (Lipinski definition) is 0. The van der Waals surface area contributed by atoms with Gasteiger partial charge in [0.1, 0.15) is 0 Å². The van der Waals surface area contributed by atoms with Crippen molar-refractivity contribution in [2.24, 2.45) is 0 Å². The topological polar surface area (TPSA) is 45.2 Å². The Morgan fingerprint density at radius 3 is 2.58 bits per heavy atom. The zero-order chi connectivity index (χ0) is 17.9. The molecule has 4 rings (SSSR count). The predicted octanol–water partition coefficient (Wildman–Crippen LogP) is 4.06. The van der Waals surface area contributed by atoms with Gasteiger partial charge >= 0.3 is 0 Å². The molecule has 0 bridgehead atoms. The minimum absolute atomic E-state index is 0.465. The van der Waals surface area contributed by atoms with Crippen molar-refractivity contribution in [3.63, 3.8) is 0 Å². The number of aryl methyl sites for hydroxylation is 1. The molecule has 1 unspecified atom stereocenters. The smallest absolute Gasteiger partial charge is 0.225 e. The van der Waals surface area contributed by atoms with Crippen molar-refractivity contribution in [1.29, 1.82) is 0 Å². The Labute approximate surface area is 158 Å². The number of thiazole rings is 1. The minimum atomic E-state index is 0.465. The molecule has 0 N–H and O–H groups in total. The van der Waals surface area contributed by atoms with E-state index in [-0.39, 0.29) is 0 Å². The average molecular weight is 368 g/mol. The van der Waals surface area contributed by atoms with Crippen molar-refractivity contribution in [2.75, 3.05) is 31.1 Å². The van der Waals surface area contributed by atoms with E-state index in [1.807, 2.05) is 24.8 Å². The fraction of sp³-hybridized carbons (Fsp3) is 0.450. The molecule has 0 aliphatic carbocycles. The van der Waals surface area contributed by atoms with Crippen molar-refractivity contribution in [2.45, 2.75) is 32.7 Å². The monoisotopic (exact) mass is 367 g/mol. The molecule has 1 fully saturated rings. The molecule has 0 spiro atoms. The Hall–Kier alpha value is -2.05. The highest BCUT2D eigenvalue weighted by molar-refractivity contribution is 7.16. The third-order valence-corrected chi connectivity index (χ3v) is 5.92. The molecule has 6 heteroatoms. The van der Waals surface area contributed by atoms with E-state index in [2.05, 4.69) is 49.9 Å². The lowest BCUT2D eigenvalue weighted by atomic mass is 9.99. The molecular formula is C20H25N5S. The fourth-order valence-corrected chi connectivity index (χ4v) is 4.36. The highest BCUT2D eigenvalue weighted by Gasteiger charge is 2.25. The first-order chi connectivity index (χ1) is 12.7. The summed E-state index contributed by atoms with van der Waals surface area (Å²) in [5.74, 6) is 0.853. The number of hydrogen-bond acceptors (Lipinski definition) is 6. The van der Waals surface area contributed by atoms with Crippen molar-refractivity contribution in [3.8, 4) is 0 Å². The lowest BCUT2D eigenvalue weighted by Crippen LogP contribution is -2.48. The quantitative estimate of drug-likeness (QED) is 0.680. The van der Waals surface area contributed by atoms with Crippen LogP contribution in [-0.2, 0) is 0 Å². The highest BCUT2D eigenvalue weighted by Crippen LogP contribution is 2.30. The van der Waals surface area contributed by atoms with Crippen LogP contribution in [0.5, 0.6) is 0 Å². The van der Waals surface area contributed by atoms with Gasteiger partial charge in [-0.25, -0.2) is 15.0 Å². The van der Waals surface area contributed by atoms with Gasteiger partial charge in [-0.1, -0.05) is 19.4 Å². The summed E-state index contributed by atoms with van der Waals surface area (Å²) in [5, 5.41) is 0. The number of rotatable bonds is 5. The molecule has 1 aliphatic rings. The Morgan fingerprint density at radius 1 is 1.08 bits per heavy atom. The number of piperazine rings is 1. The second-order valence-corrected chi connectivity index (χ2v) is 7.85. The number of aromatic nitrogens is 3. The number of anilines is 1. The van der Waals surface area contributed by atoms with E-state index < -0.39 is 0 Å². The van der Waals surface area contributed by atoms with Crippen LogP contribution in [0.25, 0.3) is 10.2 Å².